The van der Waals surface area contributed by atoms with Gasteiger partial charge in [0.05, 0.1) is 49.1 Å². The highest BCUT2D eigenvalue weighted by Gasteiger charge is 2.58. The maximum Gasteiger partial charge on any atom is 0.309 e. The summed E-state index contributed by atoms with van der Waals surface area (Å²) in [6.45, 7) is 8.24. The van der Waals surface area contributed by atoms with E-state index >= 15 is 0 Å². The largest absolute Gasteiger partial charge is 0.469 e. The van der Waals surface area contributed by atoms with Crippen LogP contribution in [-0.2, 0) is 47.4 Å². The van der Waals surface area contributed by atoms with Crippen LogP contribution in [0.25, 0.3) is 0 Å². The number of aliphatic hydroxyl groups is 2. The summed E-state index contributed by atoms with van der Waals surface area (Å²) in [4.78, 5) is 13.6. The van der Waals surface area contributed by atoms with E-state index in [0.29, 0.717) is 25.9 Å². The Morgan fingerprint density at radius 2 is 1.79 bits per heavy atom. The van der Waals surface area contributed by atoms with E-state index in [9.17, 15) is 15.0 Å². The van der Waals surface area contributed by atoms with Crippen LogP contribution in [0.2, 0.25) is 0 Å². The Labute approximate surface area is 276 Å². The molecule has 12 heteroatoms. The van der Waals surface area contributed by atoms with E-state index < -0.39 is 61.1 Å². The number of carbonyl (C=O) groups excluding carboxylic acids is 1. The van der Waals surface area contributed by atoms with Gasteiger partial charge in [-0.25, -0.2) is 0 Å². The first-order chi connectivity index (χ1) is 22.5. The monoisotopic (exact) mass is 664 g/mol. The van der Waals surface area contributed by atoms with Crippen LogP contribution in [0.4, 0.5) is 0 Å². The van der Waals surface area contributed by atoms with Crippen molar-refractivity contribution in [1.29, 1.82) is 0 Å². The predicted molar refractivity (Wildman–Crippen MR) is 164 cm³/mol. The topological polar surface area (TPSA) is 141 Å². The fraction of sp³-hybridized carbons (Fsp3) is 0.857. The second-order valence-corrected chi connectivity index (χ2v) is 15.0. The average molecular weight is 665 g/mol. The average Bonchev–Trinajstić information content (AvgIpc) is 3.56. The number of rotatable bonds is 6. The molecule has 2 aliphatic carbocycles. The van der Waals surface area contributed by atoms with Crippen molar-refractivity contribution in [2.45, 2.75) is 146 Å². The minimum Gasteiger partial charge on any atom is -0.469 e. The summed E-state index contributed by atoms with van der Waals surface area (Å²) in [7, 11) is 3.09. The summed E-state index contributed by atoms with van der Waals surface area (Å²) < 4.78 is 54.2. The van der Waals surface area contributed by atoms with Crippen molar-refractivity contribution in [3.8, 4) is 0 Å². The van der Waals surface area contributed by atoms with Crippen molar-refractivity contribution >= 4 is 5.97 Å². The zero-order valence-corrected chi connectivity index (χ0v) is 28.4. The van der Waals surface area contributed by atoms with Crippen LogP contribution in [-0.4, -0.2) is 110 Å². The molecule has 1 saturated carbocycles. The van der Waals surface area contributed by atoms with Gasteiger partial charge < -0.3 is 52.8 Å². The molecule has 5 fully saturated rings. The summed E-state index contributed by atoms with van der Waals surface area (Å²) in [5, 5.41) is 21.8. The molecule has 0 aromatic carbocycles. The van der Waals surface area contributed by atoms with Crippen LogP contribution >= 0.6 is 0 Å². The van der Waals surface area contributed by atoms with Gasteiger partial charge in [-0.3, -0.25) is 4.79 Å². The van der Waals surface area contributed by atoms with Gasteiger partial charge in [-0.15, -0.1) is 0 Å². The minimum absolute atomic E-state index is 0.0601. The van der Waals surface area contributed by atoms with E-state index in [4.69, 9.17) is 42.6 Å². The smallest absolute Gasteiger partial charge is 0.309 e. The van der Waals surface area contributed by atoms with Crippen molar-refractivity contribution < 1.29 is 57.6 Å². The van der Waals surface area contributed by atoms with E-state index in [2.05, 4.69) is 13.0 Å². The van der Waals surface area contributed by atoms with Crippen molar-refractivity contribution in [2.24, 2.45) is 23.2 Å². The fourth-order valence-electron chi connectivity index (χ4n) is 9.57. The molecule has 5 aliphatic heterocycles. The molecule has 0 amide bonds. The number of allylic oxidation sites excluding steroid dienone is 1. The van der Waals surface area contributed by atoms with Gasteiger partial charge in [-0.1, -0.05) is 18.6 Å². The van der Waals surface area contributed by atoms with Crippen molar-refractivity contribution in [3.05, 3.63) is 23.5 Å². The summed E-state index contributed by atoms with van der Waals surface area (Å²) >= 11 is 0. The third kappa shape index (κ3) is 5.89. The van der Waals surface area contributed by atoms with E-state index in [1.54, 1.807) is 14.0 Å². The van der Waals surface area contributed by atoms with Crippen LogP contribution in [0.15, 0.2) is 23.5 Å². The lowest BCUT2D eigenvalue weighted by Gasteiger charge is -2.51. The van der Waals surface area contributed by atoms with Crippen LogP contribution in [0.3, 0.4) is 0 Å². The number of carbonyl (C=O) groups is 1. The van der Waals surface area contributed by atoms with Gasteiger partial charge in [-0.05, 0) is 69.3 Å². The number of hydrogen-bond acceptors (Lipinski definition) is 12. The molecule has 47 heavy (non-hydrogen) atoms. The molecular weight excluding hydrogens is 612 g/mol. The Hall–Kier alpha value is -1.61. The van der Waals surface area contributed by atoms with Crippen molar-refractivity contribution in [2.75, 3.05) is 20.8 Å². The number of fused-ring (bicyclic) bond motifs is 3. The lowest BCUT2D eigenvalue weighted by molar-refractivity contribution is -0.344. The van der Waals surface area contributed by atoms with Gasteiger partial charge in [0.2, 0.25) is 5.79 Å². The van der Waals surface area contributed by atoms with Crippen LogP contribution in [0.1, 0.15) is 72.6 Å². The van der Waals surface area contributed by atoms with Gasteiger partial charge in [0.25, 0.3) is 0 Å². The van der Waals surface area contributed by atoms with Crippen LogP contribution in [0, 0.1) is 23.2 Å². The molecule has 12 nitrogen and oxygen atoms in total. The molecule has 5 heterocycles. The Morgan fingerprint density at radius 1 is 0.979 bits per heavy atom. The Balaban J connectivity index is 1.01. The van der Waals surface area contributed by atoms with Gasteiger partial charge in [0.15, 0.2) is 12.6 Å². The highest BCUT2D eigenvalue weighted by atomic mass is 16.7. The van der Waals surface area contributed by atoms with Crippen LogP contribution in [0.5, 0.6) is 0 Å². The van der Waals surface area contributed by atoms with Crippen molar-refractivity contribution in [1.82, 2.24) is 0 Å². The number of methoxy groups -OCH3 is 2. The molecule has 7 aliphatic rings. The normalized spacial score (nSPS) is 51.2. The van der Waals surface area contributed by atoms with E-state index in [-0.39, 0.29) is 41.3 Å². The highest BCUT2D eigenvalue weighted by molar-refractivity contribution is 5.74. The first-order valence-electron chi connectivity index (χ1n) is 17.4. The predicted octanol–water partition coefficient (Wildman–Crippen LogP) is 3.12. The Kier molecular flexibility index (Phi) is 9.32. The van der Waals surface area contributed by atoms with Gasteiger partial charge >= 0.3 is 5.97 Å². The maximum atomic E-state index is 13.6. The Bertz CT molecular complexity index is 1240. The molecule has 0 bridgehead atoms. The lowest BCUT2D eigenvalue weighted by Crippen LogP contribution is -2.61. The lowest BCUT2D eigenvalue weighted by atomic mass is 9.55. The SMILES string of the molecule is COC1CC(OC2C(C)OC(OC3CCC4(C)C(=CCC5C(=O)OC6COC7(C)OC=C(CCC54)C67)C3)C(O)C2OC)OC(C)C1O. The zero-order chi connectivity index (χ0) is 33.2. The Morgan fingerprint density at radius 3 is 2.55 bits per heavy atom. The van der Waals surface area contributed by atoms with Gasteiger partial charge in [-0.2, -0.15) is 0 Å². The van der Waals surface area contributed by atoms with E-state index in [1.165, 1.54) is 18.3 Å². The fourth-order valence-corrected chi connectivity index (χ4v) is 9.57. The first-order valence-corrected chi connectivity index (χ1v) is 17.4. The molecule has 0 aromatic heterocycles. The standard InChI is InChI=1S/C35H52O12/c1-17-28(36)24(39-5)14-26(43-17)47-30-18(2)44-33(29(37)31(30)40-6)45-21-11-12-34(3)20(13-21)8-9-22-23(34)10-7-19-15-41-35(4)27(19)25(16-42-35)46-32(22)38/h8,15,17-18,21-31,33,36-37H,7,9-14,16H2,1-6H3. The van der Waals surface area contributed by atoms with Crippen molar-refractivity contribution in [3.63, 3.8) is 0 Å². The molecule has 0 radical (unpaired) electrons. The molecule has 16 unspecified atom stereocenters. The second kappa shape index (κ2) is 12.9. The maximum absolute atomic E-state index is 13.6. The number of aliphatic hydroxyl groups excluding tert-OH is 2. The van der Waals surface area contributed by atoms with Crippen LogP contribution < -0.4 is 0 Å². The first kappa shape index (κ1) is 33.9. The minimum atomic E-state index is -1.09. The number of ether oxygens (including phenoxy) is 9. The van der Waals surface area contributed by atoms with E-state index in [0.717, 1.165) is 25.7 Å². The molecule has 2 N–H and O–H groups in total. The summed E-state index contributed by atoms with van der Waals surface area (Å²) in [6, 6.07) is 0. The summed E-state index contributed by atoms with van der Waals surface area (Å²) in [5.74, 6) is -1.01. The molecule has 4 saturated heterocycles. The highest BCUT2D eigenvalue weighted by Crippen LogP contribution is 2.57. The molecule has 0 spiro atoms. The molecule has 0 aromatic rings. The van der Waals surface area contributed by atoms with Gasteiger partial charge in [0, 0.05) is 27.6 Å². The third-order valence-corrected chi connectivity index (χ3v) is 12.3. The van der Waals surface area contributed by atoms with Gasteiger partial charge in [0.1, 0.15) is 30.5 Å². The number of hydrogen-bond donors (Lipinski definition) is 2. The molecular formula is C35H52O12. The third-order valence-electron chi connectivity index (χ3n) is 12.3. The second-order valence-electron chi connectivity index (χ2n) is 15.0. The summed E-state index contributed by atoms with van der Waals surface area (Å²) in [5.41, 5.74) is 2.31. The summed E-state index contributed by atoms with van der Waals surface area (Å²) in [6.07, 6.45) is 2.49. The molecule has 7 rings (SSSR count). The number of esters is 1. The van der Waals surface area contributed by atoms with E-state index in [1.807, 2.05) is 20.1 Å². The quantitative estimate of drug-likeness (QED) is 0.319. The molecule has 264 valence electrons. The molecule has 16 atom stereocenters. The zero-order valence-electron chi connectivity index (χ0n) is 28.4.